The number of aromatic nitrogens is 1. The molecule has 0 radical (unpaired) electrons. The molecule has 1 aromatic rings. The minimum absolute atomic E-state index is 0.145. The molecule has 118 valence electrons. The molecular formula is C15H24N2O3S. The summed E-state index contributed by atoms with van der Waals surface area (Å²) in [5.41, 5.74) is 0.907. The summed E-state index contributed by atoms with van der Waals surface area (Å²) in [7, 11) is 0. The molecule has 1 aliphatic rings. The lowest BCUT2D eigenvalue weighted by Gasteiger charge is -2.08. The number of carbonyl (C=O) groups excluding carboxylic acids is 1. The van der Waals surface area contributed by atoms with Gasteiger partial charge in [-0.25, -0.2) is 4.98 Å². The number of nitrogens with zero attached hydrogens (tertiary/aromatic N) is 1. The summed E-state index contributed by atoms with van der Waals surface area (Å²) in [5.74, 6) is 0.233. The maximum atomic E-state index is 11.9. The van der Waals surface area contributed by atoms with Crippen molar-refractivity contribution in [2.45, 2.75) is 39.5 Å². The molecule has 1 heterocycles. The van der Waals surface area contributed by atoms with E-state index in [-0.39, 0.29) is 11.9 Å². The molecule has 0 amide bonds. The summed E-state index contributed by atoms with van der Waals surface area (Å²) in [5, 5.41) is 4.15. The van der Waals surface area contributed by atoms with Crippen LogP contribution in [0, 0.1) is 5.92 Å². The third kappa shape index (κ3) is 4.41. The smallest absolute Gasteiger partial charge is 0.315 e. The van der Waals surface area contributed by atoms with Crippen LogP contribution >= 0.6 is 11.3 Å². The highest BCUT2D eigenvalue weighted by Crippen LogP contribution is 2.38. The fourth-order valence-electron chi connectivity index (χ4n) is 2.32. The van der Waals surface area contributed by atoms with E-state index in [9.17, 15) is 4.79 Å². The minimum atomic E-state index is -0.177. The first-order valence-corrected chi connectivity index (χ1v) is 8.41. The van der Waals surface area contributed by atoms with Gasteiger partial charge in [-0.2, -0.15) is 0 Å². The van der Waals surface area contributed by atoms with Crippen LogP contribution in [0.2, 0.25) is 0 Å². The number of esters is 1. The number of carbonyl (C=O) groups is 1. The third-order valence-corrected chi connectivity index (χ3v) is 4.35. The second-order valence-electron chi connectivity index (χ2n) is 5.57. The van der Waals surface area contributed by atoms with Gasteiger partial charge >= 0.3 is 5.97 Å². The van der Waals surface area contributed by atoms with Crippen molar-refractivity contribution in [2.75, 3.05) is 31.7 Å². The van der Waals surface area contributed by atoms with Crippen molar-refractivity contribution >= 4 is 22.4 Å². The van der Waals surface area contributed by atoms with E-state index in [1.807, 2.05) is 6.92 Å². The van der Waals surface area contributed by atoms with Crippen LogP contribution in [0.4, 0.5) is 5.13 Å². The van der Waals surface area contributed by atoms with E-state index in [0.717, 1.165) is 36.8 Å². The Bertz CT molecular complexity index is 473. The number of ether oxygens (including phenoxy) is 2. The summed E-state index contributed by atoms with van der Waals surface area (Å²) in [6, 6.07) is 0. The summed E-state index contributed by atoms with van der Waals surface area (Å²) >= 11 is 1.64. The van der Waals surface area contributed by atoms with Gasteiger partial charge in [0.25, 0.3) is 0 Å². The molecular weight excluding hydrogens is 288 g/mol. The zero-order chi connectivity index (χ0) is 15.2. The number of nitrogens with one attached hydrogen (secondary N) is 1. The zero-order valence-electron chi connectivity index (χ0n) is 13.0. The highest BCUT2D eigenvalue weighted by atomic mass is 32.1. The maximum Gasteiger partial charge on any atom is 0.315 e. The molecule has 0 aliphatic heterocycles. The summed E-state index contributed by atoms with van der Waals surface area (Å²) in [6.45, 7) is 8.71. The van der Waals surface area contributed by atoms with Crippen molar-refractivity contribution in [3.8, 4) is 0 Å². The van der Waals surface area contributed by atoms with Crippen LogP contribution in [-0.2, 0) is 20.7 Å². The molecule has 0 spiro atoms. The third-order valence-electron chi connectivity index (χ3n) is 3.26. The first-order chi connectivity index (χ1) is 10.1. The van der Waals surface area contributed by atoms with Crippen LogP contribution in [0.25, 0.3) is 0 Å². The van der Waals surface area contributed by atoms with Gasteiger partial charge in [-0.05, 0) is 25.7 Å². The molecule has 1 N–H and O–H groups in total. The van der Waals surface area contributed by atoms with Gasteiger partial charge in [0.2, 0.25) is 0 Å². The molecule has 1 unspecified atom stereocenters. The Balaban J connectivity index is 1.82. The SMILES string of the molecule is CCOC(=O)C1CCc2sc(NCCOCC(C)C)nc21. The van der Waals surface area contributed by atoms with Gasteiger partial charge in [-0.3, -0.25) is 4.79 Å². The predicted octanol–water partition coefficient (Wildman–Crippen LogP) is 2.82. The van der Waals surface area contributed by atoms with Crippen LogP contribution in [0.5, 0.6) is 0 Å². The number of aryl methyl sites for hydroxylation is 1. The summed E-state index contributed by atoms with van der Waals surface area (Å²) in [6.07, 6.45) is 1.74. The van der Waals surface area contributed by atoms with Crippen molar-refractivity contribution in [1.29, 1.82) is 0 Å². The molecule has 0 aromatic carbocycles. The van der Waals surface area contributed by atoms with Gasteiger partial charge in [-0.1, -0.05) is 13.8 Å². The summed E-state index contributed by atoms with van der Waals surface area (Å²) in [4.78, 5) is 17.6. The molecule has 6 heteroatoms. The Morgan fingerprint density at radius 3 is 3.05 bits per heavy atom. The predicted molar refractivity (Wildman–Crippen MR) is 84.0 cm³/mol. The molecule has 5 nitrogen and oxygen atoms in total. The van der Waals surface area contributed by atoms with Crippen LogP contribution < -0.4 is 5.32 Å². The number of rotatable bonds is 8. The van der Waals surface area contributed by atoms with E-state index >= 15 is 0 Å². The quantitative estimate of drug-likeness (QED) is 0.591. The molecule has 1 aromatic heterocycles. The van der Waals surface area contributed by atoms with Gasteiger partial charge in [0.1, 0.15) is 5.92 Å². The van der Waals surface area contributed by atoms with Gasteiger partial charge in [-0.15, -0.1) is 11.3 Å². The number of hydrogen-bond acceptors (Lipinski definition) is 6. The lowest BCUT2D eigenvalue weighted by molar-refractivity contribution is -0.145. The molecule has 0 saturated carbocycles. The average molecular weight is 312 g/mol. The van der Waals surface area contributed by atoms with Crippen molar-refractivity contribution in [1.82, 2.24) is 4.98 Å². The monoisotopic (exact) mass is 312 g/mol. The second kappa shape index (κ2) is 7.75. The maximum absolute atomic E-state index is 11.9. The van der Waals surface area contributed by atoms with E-state index < -0.39 is 0 Å². The normalized spacial score (nSPS) is 17.0. The van der Waals surface area contributed by atoms with E-state index in [2.05, 4.69) is 24.1 Å². The lowest BCUT2D eigenvalue weighted by Crippen LogP contribution is -2.15. The topological polar surface area (TPSA) is 60.5 Å². The van der Waals surface area contributed by atoms with Gasteiger partial charge in [0.05, 0.1) is 18.9 Å². The molecule has 2 rings (SSSR count). The molecule has 0 saturated heterocycles. The van der Waals surface area contributed by atoms with Gasteiger partial charge in [0.15, 0.2) is 5.13 Å². The Hall–Kier alpha value is -1.14. The molecule has 21 heavy (non-hydrogen) atoms. The van der Waals surface area contributed by atoms with Crippen molar-refractivity contribution in [2.24, 2.45) is 5.92 Å². The van der Waals surface area contributed by atoms with Crippen molar-refractivity contribution < 1.29 is 14.3 Å². The molecule has 0 bridgehead atoms. The van der Waals surface area contributed by atoms with Crippen LogP contribution in [0.1, 0.15) is 43.7 Å². The fourth-order valence-corrected chi connectivity index (χ4v) is 3.39. The zero-order valence-corrected chi connectivity index (χ0v) is 13.8. The minimum Gasteiger partial charge on any atom is -0.465 e. The number of anilines is 1. The second-order valence-corrected chi connectivity index (χ2v) is 6.65. The van der Waals surface area contributed by atoms with Crippen LogP contribution in [0.3, 0.4) is 0 Å². The van der Waals surface area contributed by atoms with E-state index in [0.29, 0.717) is 19.1 Å². The Morgan fingerprint density at radius 2 is 2.33 bits per heavy atom. The van der Waals surface area contributed by atoms with Crippen LogP contribution in [-0.4, -0.2) is 37.3 Å². The standard InChI is InChI=1S/C15H24N2O3S/c1-4-20-14(18)11-5-6-12-13(11)17-15(21-12)16-7-8-19-9-10(2)3/h10-11H,4-9H2,1-3H3,(H,16,17). The lowest BCUT2D eigenvalue weighted by atomic mass is 10.1. The fraction of sp³-hybridized carbons (Fsp3) is 0.733. The highest BCUT2D eigenvalue weighted by Gasteiger charge is 2.33. The molecule has 1 atom stereocenters. The Labute approximate surface area is 130 Å². The average Bonchev–Trinajstić information content (AvgIpc) is 2.97. The molecule has 0 fully saturated rings. The first kappa shape index (κ1) is 16.2. The Kier molecular flexibility index (Phi) is 5.99. The highest BCUT2D eigenvalue weighted by molar-refractivity contribution is 7.15. The number of hydrogen-bond donors (Lipinski definition) is 1. The van der Waals surface area contributed by atoms with Gasteiger partial charge < -0.3 is 14.8 Å². The molecule has 1 aliphatic carbocycles. The van der Waals surface area contributed by atoms with Gasteiger partial charge in [0, 0.05) is 18.0 Å². The van der Waals surface area contributed by atoms with Crippen molar-refractivity contribution in [3.63, 3.8) is 0 Å². The van der Waals surface area contributed by atoms with Crippen LogP contribution in [0.15, 0.2) is 0 Å². The van der Waals surface area contributed by atoms with E-state index in [4.69, 9.17) is 9.47 Å². The summed E-state index contributed by atoms with van der Waals surface area (Å²) < 4.78 is 10.6. The largest absolute Gasteiger partial charge is 0.465 e. The van der Waals surface area contributed by atoms with E-state index in [1.165, 1.54) is 4.88 Å². The van der Waals surface area contributed by atoms with Crippen molar-refractivity contribution in [3.05, 3.63) is 10.6 Å². The number of fused-ring (bicyclic) bond motifs is 1. The Morgan fingerprint density at radius 1 is 1.52 bits per heavy atom. The first-order valence-electron chi connectivity index (χ1n) is 7.59. The van der Waals surface area contributed by atoms with E-state index in [1.54, 1.807) is 11.3 Å². The number of thiazole rings is 1.